The highest BCUT2D eigenvalue weighted by Crippen LogP contribution is 2.44. The maximum atomic E-state index is 12.1. The third-order valence-electron chi connectivity index (χ3n) is 4.33. The van der Waals surface area contributed by atoms with Crippen LogP contribution in [-0.4, -0.2) is 5.78 Å². The molecule has 0 N–H and O–H groups in total. The molecule has 2 aliphatic carbocycles. The van der Waals surface area contributed by atoms with Crippen LogP contribution in [0.2, 0.25) is 0 Å². The monoisotopic (exact) mass is 218 g/mol. The highest BCUT2D eigenvalue weighted by Gasteiger charge is 2.34. The quantitative estimate of drug-likeness (QED) is 0.443. The van der Waals surface area contributed by atoms with Crippen LogP contribution < -0.4 is 0 Å². The minimum atomic E-state index is 0.391. The van der Waals surface area contributed by atoms with Crippen LogP contribution in [0.15, 0.2) is 22.3 Å². The topological polar surface area (TPSA) is 17.1 Å². The molecule has 1 fully saturated rings. The molecule has 0 unspecified atom stereocenters. The second-order valence-electron chi connectivity index (χ2n) is 5.71. The van der Waals surface area contributed by atoms with Crippen LogP contribution in [0.5, 0.6) is 0 Å². The Morgan fingerprint density at radius 3 is 2.62 bits per heavy atom. The molecule has 0 spiro atoms. The summed E-state index contributed by atoms with van der Waals surface area (Å²) in [6.45, 7) is 8.64. The van der Waals surface area contributed by atoms with Crippen molar-refractivity contribution < 1.29 is 4.79 Å². The Balaban J connectivity index is 2.42. The van der Waals surface area contributed by atoms with Gasteiger partial charge in [-0.3, -0.25) is 4.79 Å². The largest absolute Gasteiger partial charge is 0.295 e. The summed E-state index contributed by atoms with van der Waals surface area (Å²) < 4.78 is 0. The molecule has 0 bridgehead atoms. The Morgan fingerprint density at radius 2 is 2.00 bits per heavy atom. The molecule has 1 nitrogen and oxygen atoms in total. The first kappa shape index (κ1) is 11.6. The first-order chi connectivity index (χ1) is 7.50. The third kappa shape index (κ3) is 1.88. The molecule has 88 valence electrons. The number of fused-ring (bicyclic) bond motifs is 1. The van der Waals surface area contributed by atoms with Crippen LogP contribution in [0, 0.1) is 11.8 Å². The fourth-order valence-electron chi connectivity index (χ4n) is 3.24. The molecule has 1 saturated carbocycles. The molecule has 2 atom stereocenters. The lowest BCUT2D eigenvalue weighted by Gasteiger charge is -2.18. The van der Waals surface area contributed by atoms with Gasteiger partial charge < -0.3 is 0 Å². The van der Waals surface area contributed by atoms with Crippen molar-refractivity contribution in [3.05, 3.63) is 22.3 Å². The summed E-state index contributed by atoms with van der Waals surface area (Å²) in [7, 11) is 0. The lowest BCUT2D eigenvalue weighted by atomic mass is 9.87. The smallest absolute Gasteiger partial charge is 0.159 e. The van der Waals surface area contributed by atoms with Crippen molar-refractivity contribution in [3.8, 4) is 0 Å². The summed E-state index contributed by atoms with van der Waals surface area (Å²) in [5, 5.41) is 0. The first-order valence-electron chi connectivity index (χ1n) is 6.38. The summed E-state index contributed by atoms with van der Waals surface area (Å²) in [5.74, 6) is 1.61. The van der Waals surface area contributed by atoms with Gasteiger partial charge in [0.1, 0.15) is 0 Å². The highest BCUT2D eigenvalue weighted by atomic mass is 16.1. The maximum absolute atomic E-state index is 12.1. The summed E-state index contributed by atoms with van der Waals surface area (Å²) in [4.78, 5) is 12.1. The number of carbonyl (C=O) groups is 1. The fraction of sp³-hybridized carbons (Fsp3) is 0.667. The van der Waals surface area contributed by atoms with Crippen molar-refractivity contribution in [2.45, 2.75) is 53.4 Å². The molecule has 0 amide bonds. The number of hydrogen-bond donors (Lipinski definition) is 0. The van der Waals surface area contributed by atoms with Gasteiger partial charge in [0.2, 0.25) is 0 Å². The SMILES string of the molecule is CC(C)=C1CC2=C(C)CC[C@@H]2[C@@H](C)CC1=O. The minimum Gasteiger partial charge on any atom is -0.295 e. The summed E-state index contributed by atoms with van der Waals surface area (Å²) in [6, 6.07) is 0. The normalized spacial score (nSPS) is 30.5. The molecule has 0 saturated heterocycles. The van der Waals surface area contributed by atoms with E-state index in [0.29, 0.717) is 17.6 Å². The van der Waals surface area contributed by atoms with Crippen LogP contribution in [-0.2, 0) is 4.79 Å². The van der Waals surface area contributed by atoms with Crippen molar-refractivity contribution >= 4 is 5.78 Å². The van der Waals surface area contributed by atoms with Gasteiger partial charge in [0.25, 0.3) is 0 Å². The van der Waals surface area contributed by atoms with Crippen molar-refractivity contribution in [1.82, 2.24) is 0 Å². The van der Waals surface area contributed by atoms with E-state index in [9.17, 15) is 4.79 Å². The second kappa shape index (κ2) is 4.20. The van der Waals surface area contributed by atoms with Gasteiger partial charge in [0.15, 0.2) is 5.78 Å². The van der Waals surface area contributed by atoms with Crippen LogP contribution >= 0.6 is 0 Å². The van der Waals surface area contributed by atoms with E-state index in [1.807, 2.05) is 0 Å². The van der Waals surface area contributed by atoms with E-state index in [0.717, 1.165) is 18.4 Å². The lowest BCUT2D eigenvalue weighted by molar-refractivity contribution is -0.116. The van der Waals surface area contributed by atoms with Crippen LogP contribution in [0.1, 0.15) is 53.4 Å². The van der Waals surface area contributed by atoms with Crippen LogP contribution in [0.25, 0.3) is 0 Å². The van der Waals surface area contributed by atoms with Gasteiger partial charge in [-0.05, 0) is 57.4 Å². The predicted molar refractivity (Wildman–Crippen MR) is 67.2 cm³/mol. The Labute approximate surface area is 98.6 Å². The third-order valence-corrected chi connectivity index (χ3v) is 4.33. The standard InChI is InChI=1S/C15H22O/c1-9(2)13-8-14-10(3)5-6-12(14)11(4)7-15(13)16/h11-12H,5-8H2,1-4H3/t11-,12+/m0/s1. The van der Waals surface area contributed by atoms with Gasteiger partial charge in [0.05, 0.1) is 0 Å². The number of hydrogen-bond acceptors (Lipinski definition) is 1. The molecular formula is C15H22O. The zero-order chi connectivity index (χ0) is 11.9. The average molecular weight is 218 g/mol. The van der Waals surface area contributed by atoms with Crippen molar-refractivity contribution in [2.24, 2.45) is 11.8 Å². The van der Waals surface area contributed by atoms with Crippen LogP contribution in [0.3, 0.4) is 0 Å². The number of allylic oxidation sites excluding steroid dienone is 4. The van der Waals surface area contributed by atoms with E-state index >= 15 is 0 Å². The molecular weight excluding hydrogens is 196 g/mol. The zero-order valence-electron chi connectivity index (χ0n) is 10.9. The minimum absolute atomic E-state index is 0.391. The summed E-state index contributed by atoms with van der Waals surface area (Å²) in [6.07, 6.45) is 4.20. The molecule has 0 aromatic heterocycles. The Kier molecular flexibility index (Phi) is 3.05. The second-order valence-corrected chi connectivity index (χ2v) is 5.71. The Hall–Kier alpha value is -0.850. The van der Waals surface area contributed by atoms with Crippen molar-refractivity contribution in [1.29, 1.82) is 0 Å². The molecule has 2 aliphatic rings. The van der Waals surface area contributed by atoms with E-state index in [1.54, 1.807) is 11.1 Å². The molecule has 0 aromatic carbocycles. The van der Waals surface area contributed by atoms with Crippen molar-refractivity contribution in [2.75, 3.05) is 0 Å². The van der Waals surface area contributed by atoms with E-state index in [1.165, 1.54) is 18.4 Å². The molecule has 0 radical (unpaired) electrons. The summed E-state index contributed by atoms with van der Waals surface area (Å²) >= 11 is 0. The van der Waals surface area contributed by atoms with E-state index < -0.39 is 0 Å². The molecule has 16 heavy (non-hydrogen) atoms. The van der Waals surface area contributed by atoms with Gasteiger partial charge in [-0.25, -0.2) is 0 Å². The first-order valence-corrected chi connectivity index (χ1v) is 6.38. The number of Topliss-reactive ketones (excluding diaryl/α,β-unsaturated/α-hetero) is 1. The number of carbonyl (C=O) groups excluding carboxylic acids is 1. The molecule has 0 aromatic rings. The van der Waals surface area contributed by atoms with E-state index in [2.05, 4.69) is 27.7 Å². The van der Waals surface area contributed by atoms with E-state index in [-0.39, 0.29) is 0 Å². The predicted octanol–water partition coefficient (Wildman–Crippen LogP) is 4.05. The Bertz CT molecular complexity index is 380. The van der Waals surface area contributed by atoms with Crippen molar-refractivity contribution in [3.63, 3.8) is 0 Å². The van der Waals surface area contributed by atoms with Gasteiger partial charge in [-0.2, -0.15) is 0 Å². The number of rotatable bonds is 0. The number of ketones is 1. The van der Waals surface area contributed by atoms with Gasteiger partial charge >= 0.3 is 0 Å². The maximum Gasteiger partial charge on any atom is 0.159 e. The van der Waals surface area contributed by atoms with Gasteiger partial charge in [-0.15, -0.1) is 0 Å². The molecule has 0 heterocycles. The highest BCUT2D eigenvalue weighted by molar-refractivity contribution is 5.97. The lowest BCUT2D eigenvalue weighted by Crippen LogP contribution is -2.11. The summed E-state index contributed by atoms with van der Waals surface area (Å²) in [5.41, 5.74) is 5.43. The zero-order valence-corrected chi connectivity index (χ0v) is 10.9. The van der Waals surface area contributed by atoms with E-state index in [4.69, 9.17) is 0 Å². The Morgan fingerprint density at radius 1 is 1.31 bits per heavy atom. The fourth-order valence-corrected chi connectivity index (χ4v) is 3.24. The van der Waals surface area contributed by atoms with Gasteiger partial charge in [-0.1, -0.05) is 23.6 Å². The molecule has 2 rings (SSSR count). The van der Waals surface area contributed by atoms with Gasteiger partial charge in [0, 0.05) is 6.42 Å². The van der Waals surface area contributed by atoms with Crippen LogP contribution in [0.4, 0.5) is 0 Å². The molecule has 1 heteroatoms. The average Bonchev–Trinajstić information content (AvgIpc) is 2.49. The molecule has 0 aliphatic heterocycles.